The molecule has 1 unspecified atom stereocenters. The smallest absolute Gasteiger partial charge is 0.253 e. The van der Waals surface area contributed by atoms with Gasteiger partial charge in [-0.2, -0.15) is 0 Å². The van der Waals surface area contributed by atoms with Crippen molar-refractivity contribution in [1.29, 1.82) is 0 Å². The number of hydrogen-bond donors (Lipinski definition) is 0. The van der Waals surface area contributed by atoms with Crippen LogP contribution in [0.4, 0.5) is 0 Å². The molecule has 1 aromatic heterocycles. The number of thioether (sulfide) groups is 1. The highest BCUT2D eigenvalue weighted by Crippen LogP contribution is 2.34. The first-order valence-electron chi connectivity index (χ1n) is 6.94. The minimum absolute atomic E-state index is 0.132. The number of benzene rings is 1. The molecular weight excluding hydrogens is 397 g/mol. The highest BCUT2D eigenvalue weighted by molar-refractivity contribution is 14.1. The third-order valence-electron chi connectivity index (χ3n) is 3.58. The van der Waals surface area contributed by atoms with Crippen LogP contribution in [-0.4, -0.2) is 29.6 Å². The summed E-state index contributed by atoms with van der Waals surface area (Å²) in [5, 5.41) is 0.356. The number of halogens is 1. The molecule has 0 aliphatic carbocycles. The average molecular weight is 413 g/mol. The Kier molecular flexibility index (Phi) is 4.90. The summed E-state index contributed by atoms with van der Waals surface area (Å²) >= 11 is 4.12. The van der Waals surface area contributed by atoms with Gasteiger partial charge in [-0.3, -0.25) is 4.79 Å². The Balaban J connectivity index is 1.67. The Labute approximate surface area is 142 Å². The maximum Gasteiger partial charge on any atom is 0.253 e. The van der Waals surface area contributed by atoms with E-state index in [4.69, 9.17) is 4.42 Å². The molecular formula is C16H16INO2S. The zero-order valence-electron chi connectivity index (χ0n) is 11.5. The van der Waals surface area contributed by atoms with Crippen molar-refractivity contribution in [3.05, 3.63) is 57.6 Å². The maximum absolute atomic E-state index is 12.5. The topological polar surface area (TPSA) is 33.5 Å². The minimum atomic E-state index is 0.132. The summed E-state index contributed by atoms with van der Waals surface area (Å²) in [4.78, 5) is 14.5. The van der Waals surface area contributed by atoms with Gasteiger partial charge in [-0.1, -0.05) is 0 Å². The van der Waals surface area contributed by atoms with Crippen LogP contribution in [0.25, 0.3) is 0 Å². The van der Waals surface area contributed by atoms with E-state index in [1.807, 2.05) is 53.1 Å². The number of hydrogen-bond acceptors (Lipinski definition) is 3. The first-order valence-corrected chi connectivity index (χ1v) is 9.06. The number of carbonyl (C=O) groups excluding carboxylic acids is 1. The lowest BCUT2D eigenvalue weighted by Crippen LogP contribution is -2.32. The Morgan fingerprint density at radius 1 is 1.24 bits per heavy atom. The van der Waals surface area contributed by atoms with Crippen molar-refractivity contribution >= 4 is 40.3 Å². The lowest BCUT2D eigenvalue weighted by atomic mass is 10.2. The van der Waals surface area contributed by atoms with Crippen LogP contribution in [0.3, 0.4) is 0 Å². The van der Waals surface area contributed by atoms with E-state index in [2.05, 4.69) is 22.6 Å². The number of amides is 1. The average Bonchev–Trinajstić information content (AvgIpc) is 2.92. The van der Waals surface area contributed by atoms with Gasteiger partial charge in [0.05, 0.1) is 11.5 Å². The molecule has 1 aromatic carbocycles. The van der Waals surface area contributed by atoms with Crippen LogP contribution in [0.15, 0.2) is 47.1 Å². The first-order chi connectivity index (χ1) is 10.2. The predicted octanol–water partition coefficient (Wildman–Crippen LogP) is 4.20. The van der Waals surface area contributed by atoms with Gasteiger partial charge in [0.15, 0.2) is 0 Å². The first kappa shape index (κ1) is 15.0. The van der Waals surface area contributed by atoms with Gasteiger partial charge in [-0.25, -0.2) is 0 Å². The Morgan fingerprint density at radius 3 is 2.76 bits per heavy atom. The van der Waals surface area contributed by atoms with Crippen LogP contribution >= 0.6 is 34.4 Å². The molecule has 21 heavy (non-hydrogen) atoms. The van der Waals surface area contributed by atoms with E-state index in [0.29, 0.717) is 5.25 Å². The second-order valence-corrected chi connectivity index (χ2v) is 7.52. The second kappa shape index (κ2) is 6.87. The lowest BCUT2D eigenvalue weighted by molar-refractivity contribution is 0.0766. The summed E-state index contributed by atoms with van der Waals surface area (Å²) in [7, 11) is 0. The van der Waals surface area contributed by atoms with Gasteiger partial charge in [0.25, 0.3) is 5.91 Å². The van der Waals surface area contributed by atoms with Gasteiger partial charge < -0.3 is 9.32 Å². The van der Waals surface area contributed by atoms with E-state index < -0.39 is 0 Å². The lowest BCUT2D eigenvalue weighted by Gasteiger charge is -2.20. The molecule has 1 saturated heterocycles. The normalized spacial score (nSPS) is 19.3. The molecule has 1 aliphatic rings. The Bertz CT molecular complexity index is 597. The number of rotatable bonds is 2. The van der Waals surface area contributed by atoms with E-state index in [-0.39, 0.29) is 5.91 Å². The monoisotopic (exact) mass is 413 g/mol. The van der Waals surface area contributed by atoms with Crippen LogP contribution in [-0.2, 0) is 0 Å². The Morgan fingerprint density at radius 2 is 2.05 bits per heavy atom. The maximum atomic E-state index is 12.5. The molecule has 5 heteroatoms. The van der Waals surface area contributed by atoms with E-state index in [1.54, 1.807) is 6.26 Å². The number of nitrogens with zero attached hydrogens (tertiary/aromatic N) is 1. The number of carbonyl (C=O) groups is 1. The van der Waals surface area contributed by atoms with Crippen molar-refractivity contribution in [3.8, 4) is 0 Å². The second-order valence-electron chi connectivity index (χ2n) is 4.96. The van der Waals surface area contributed by atoms with Crippen LogP contribution in [0.5, 0.6) is 0 Å². The molecule has 2 aromatic rings. The molecule has 1 atom stereocenters. The van der Waals surface area contributed by atoms with Gasteiger partial charge in [0, 0.05) is 28.0 Å². The van der Waals surface area contributed by atoms with Gasteiger partial charge in [-0.05, 0) is 65.4 Å². The zero-order valence-corrected chi connectivity index (χ0v) is 14.5. The van der Waals surface area contributed by atoms with Crippen molar-refractivity contribution in [2.45, 2.75) is 11.7 Å². The van der Waals surface area contributed by atoms with Gasteiger partial charge in [0.1, 0.15) is 5.76 Å². The fourth-order valence-corrected chi connectivity index (χ4v) is 3.99. The molecule has 2 heterocycles. The highest BCUT2D eigenvalue weighted by Gasteiger charge is 2.24. The summed E-state index contributed by atoms with van der Waals surface area (Å²) in [6.07, 6.45) is 2.66. The van der Waals surface area contributed by atoms with Crippen LogP contribution in [0, 0.1) is 3.57 Å². The molecule has 1 aliphatic heterocycles. The molecule has 1 amide bonds. The molecule has 1 fully saturated rings. The molecule has 3 rings (SSSR count). The fraction of sp³-hybridized carbons (Fsp3) is 0.312. The van der Waals surface area contributed by atoms with E-state index in [1.165, 1.54) is 0 Å². The molecule has 3 nitrogen and oxygen atoms in total. The van der Waals surface area contributed by atoms with Gasteiger partial charge in [-0.15, -0.1) is 11.8 Å². The molecule has 110 valence electrons. The van der Waals surface area contributed by atoms with Gasteiger partial charge in [0.2, 0.25) is 0 Å². The molecule has 0 N–H and O–H groups in total. The standard InChI is InChI=1S/C16H16INO2S/c17-13-5-3-12(4-6-13)16(19)18-8-7-15(21-11-9-18)14-2-1-10-20-14/h1-6,10,15H,7-9,11H2. The number of furan rings is 1. The van der Waals surface area contributed by atoms with Crippen LogP contribution < -0.4 is 0 Å². The SMILES string of the molecule is O=C(c1ccc(I)cc1)N1CCSC(c2ccco2)CC1. The van der Waals surface area contributed by atoms with E-state index >= 15 is 0 Å². The molecule has 0 bridgehead atoms. The van der Waals surface area contributed by atoms with Crippen molar-refractivity contribution in [2.24, 2.45) is 0 Å². The van der Waals surface area contributed by atoms with Crippen molar-refractivity contribution in [2.75, 3.05) is 18.8 Å². The molecule has 0 radical (unpaired) electrons. The van der Waals surface area contributed by atoms with Crippen molar-refractivity contribution < 1.29 is 9.21 Å². The summed E-state index contributed by atoms with van der Waals surface area (Å²) in [6, 6.07) is 11.7. The van der Waals surface area contributed by atoms with Crippen molar-refractivity contribution in [3.63, 3.8) is 0 Å². The summed E-state index contributed by atoms with van der Waals surface area (Å²) in [6.45, 7) is 1.58. The quantitative estimate of drug-likeness (QED) is 0.692. The summed E-state index contributed by atoms with van der Waals surface area (Å²) in [5.74, 6) is 2.09. The van der Waals surface area contributed by atoms with Crippen LogP contribution in [0.2, 0.25) is 0 Å². The van der Waals surface area contributed by atoms with Gasteiger partial charge >= 0.3 is 0 Å². The predicted molar refractivity (Wildman–Crippen MR) is 93.6 cm³/mol. The third-order valence-corrected chi connectivity index (χ3v) is 5.59. The Hall–Kier alpha value is -0.950. The fourth-order valence-electron chi connectivity index (χ4n) is 2.45. The minimum Gasteiger partial charge on any atom is -0.468 e. The summed E-state index contributed by atoms with van der Waals surface area (Å²) in [5.41, 5.74) is 0.775. The van der Waals surface area contributed by atoms with E-state index in [0.717, 1.165) is 40.2 Å². The largest absolute Gasteiger partial charge is 0.468 e. The molecule has 0 saturated carbocycles. The third kappa shape index (κ3) is 3.63. The zero-order chi connectivity index (χ0) is 14.7. The highest BCUT2D eigenvalue weighted by atomic mass is 127. The van der Waals surface area contributed by atoms with E-state index in [9.17, 15) is 4.79 Å². The van der Waals surface area contributed by atoms with Crippen molar-refractivity contribution in [1.82, 2.24) is 4.90 Å². The van der Waals surface area contributed by atoms with Crippen LogP contribution in [0.1, 0.15) is 27.8 Å². The summed E-state index contributed by atoms with van der Waals surface area (Å²) < 4.78 is 6.64. The molecule has 0 spiro atoms.